The van der Waals surface area contributed by atoms with Gasteiger partial charge in [-0.1, -0.05) is 134 Å². The van der Waals surface area contributed by atoms with Crippen molar-refractivity contribution in [1.29, 1.82) is 0 Å². The van der Waals surface area contributed by atoms with E-state index in [1.165, 1.54) is 51.4 Å². The number of unbranched alkanes of at least 4 members (excludes halogenated alkanes) is 11. The molecule has 16 heteroatoms. The van der Waals surface area contributed by atoms with Gasteiger partial charge in [0.15, 0.2) is 6.10 Å². The van der Waals surface area contributed by atoms with Crippen molar-refractivity contribution in [2.45, 2.75) is 161 Å². The SMILES string of the molecule is CCCCC/C=C\C[C@H](O)/C=C/C=C\C/C=C\CCCC(=O)O[C@H](COC(=O)CCCCCCCCCCC(C)C)COP(=O)(O)OC[C@@H](O)COP(=O)(O)O. The van der Waals surface area contributed by atoms with E-state index >= 15 is 0 Å². The van der Waals surface area contributed by atoms with Crippen LogP contribution in [0.2, 0.25) is 0 Å². The highest BCUT2D eigenvalue weighted by atomic mass is 31.2. The molecule has 0 aromatic rings. The molecule has 326 valence electrons. The lowest BCUT2D eigenvalue weighted by Crippen LogP contribution is -2.29. The van der Waals surface area contributed by atoms with Crippen molar-refractivity contribution in [3.8, 4) is 0 Å². The molecule has 0 aliphatic carbocycles. The van der Waals surface area contributed by atoms with Crippen LogP contribution < -0.4 is 0 Å². The Morgan fingerprint density at radius 1 is 0.643 bits per heavy atom. The lowest BCUT2D eigenvalue weighted by atomic mass is 10.0. The number of rotatable bonds is 37. The Labute approximate surface area is 335 Å². The Bertz CT molecular complexity index is 1210. The minimum atomic E-state index is -4.87. The summed E-state index contributed by atoms with van der Waals surface area (Å²) >= 11 is 0. The number of esters is 2. The van der Waals surface area contributed by atoms with E-state index in [1.54, 1.807) is 6.08 Å². The first-order valence-corrected chi connectivity index (χ1v) is 23.3. The number of hydrogen-bond acceptors (Lipinski definition) is 11. The van der Waals surface area contributed by atoms with Crippen LogP contribution in [0.3, 0.4) is 0 Å². The summed E-state index contributed by atoms with van der Waals surface area (Å²) in [5.74, 6) is -0.406. The number of phosphoric acid groups is 2. The van der Waals surface area contributed by atoms with Crippen molar-refractivity contribution < 1.29 is 66.7 Å². The number of aliphatic hydroxyl groups excluding tert-OH is 2. The molecule has 0 rings (SSSR count). The Hall–Kier alpha value is -1.96. The Morgan fingerprint density at radius 3 is 1.93 bits per heavy atom. The monoisotopic (exact) mass is 838 g/mol. The van der Waals surface area contributed by atoms with Crippen LogP contribution in [0.4, 0.5) is 0 Å². The van der Waals surface area contributed by atoms with Gasteiger partial charge in [0.1, 0.15) is 12.7 Å². The first-order chi connectivity index (χ1) is 26.6. The molecule has 0 saturated heterocycles. The maximum absolute atomic E-state index is 12.6. The maximum atomic E-state index is 12.6. The van der Waals surface area contributed by atoms with Gasteiger partial charge in [-0.2, -0.15) is 0 Å². The molecule has 0 fully saturated rings. The third kappa shape index (κ3) is 38.9. The minimum Gasteiger partial charge on any atom is -0.462 e. The number of aliphatic hydroxyl groups is 2. The molecular weight excluding hydrogens is 766 g/mol. The summed E-state index contributed by atoms with van der Waals surface area (Å²) in [6, 6.07) is 0. The zero-order valence-corrected chi connectivity index (χ0v) is 35.8. The maximum Gasteiger partial charge on any atom is 0.472 e. The molecule has 0 radical (unpaired) electrons. The van der Waals surface area contributed by atoms with Crippen molar-refractivity contribution in [2.24, 2.45) is 5.92 Å². The van der Waals surface area contributed by atoms with Crippen LogP contribution in [-0.2, 0) is 41.8 Å². The Balaban J connectivity index is 4.73. The molecule has 1 unspecified atom stereocenters. The van der Waals surface area contributed by atoms with Crippen LogP contribution in [0.5, 0.6) is 0 Å². The fourth-order valence-corrected chi connectivity index (χ4v) is 6.23. The van der Waals surface area contributed by atoms with E-state index in [2.05, 4.69) is 35.9 Å². The number of ether oxygens (including phenoxy) is 2. The smallest absolute Gasteiger partial charge is 0.462 e. The third-order valence-corrected chi connectivity index (χ3v) is 9.66. The molecule has 5 N–H and O–H groups in total. The lowest BCUT2D eigenvalue weighted by Gasteiger charge is -2.20. The predicted octanol–water partition coefficient (Wildman–Crippen LogP) is 8.72. The highest BCUT2D eigenvalue weighted by Crippen LogP contribution is 2.43. The topological polar surface area (TPSA) is 216 Å². The van der Waals surface area contributed by atoms with Crippen molar-refractivity contribution in [2.75, 3.05) is 26.4 Å². The summed E-state index contributed by atoms with van der Waals surface area (Å²) in [4.78, 5) is 52.5. The zero-order valence-electron chi connectivity index (χ0n) is 34.0. The molecular formula is C40H72O14P2. The number of allylic oxidation sites excluding steroid dienone is 6. The van der Waals surface area contributed by atoms with Gasteiger partial charge in [0.2, 0.25) is 0 Å². The normalized spacial score (nSPS) is 15.3. The molecule has 0 amide bonds. The molecule has 0 aliphatic rings. The van der Waals surface area contributed by atoms with E-state index in [1.807, 2.05) is 36.5 Å². The number of hydrogen-bond donors (Lipinski definition) is 5. The average molecular weight is 839 g/mol. The predicted molar refractivity (Wildman–Crippen MR) is 217 cm³/mol. The number of carbonyl (C=O) groups excluding carboxylic acids is 2. The van der Waals surface area contributed by atoms with Crippen LogP contribution in [0, 0.1) is 5.92 Å². The average Bonchev–Trinajstić information content (AvgIpc) is 3.13. The number of phosphoric ester groups is 2. The molecule has 0 aromatic heterocycles. The highest BCUT2D eigenvalue weighted by molar-refractivity contribution is 7.47. The fourth-order valence-electron chi connectivity index (χ4n) is 5.08. The molecule has 0 saturated carbocycles. The van der Waals surface area contributed by atoms with Crippen LogP contribution >= 0.6 is 15.6 Å². The van der Waals surface area contributed by atoms with Gasteiger partial charge in [-0.05, 0) is 50.9 Å². The van der Waals surface area contributed by atoms with E-state index in [0.29, 0.717) is 32.1 Å². The highest BCUT2D eigenvalue weighted by Gasteiger charge is 2.28. The minimum absolute atomic E-state index is 0.0229. The zero-order chi connectivity index (χ0) is 41.9. The quantitative estimate of drug-likeness (QED) is 0.0130. The van der Waals surface area contributed by atoms with Gasteiger partial charge in [0.25, 0.3) is 0 Å². The van der Waals surface area contributed by atoms with Crippen LogP contribution in [-0.4, -0.2) is 81.6 Å². The van der Waals surface area contributed by atoms with Gasteiger partial charge < -0.3 is 34.4 Å². The molecule has 4 atom stereocenters. The van der Waals surface area contributed by atoms with E-state index in [9.17, 15) is 33.8 Å². The van der Waals surface area contributed by atoms with Gasteiger partial charge in [-0.3, -0.25) is 23.2 Å². The van der Waals surface area contributed by atoms with Crippen molar-refractivity contribution in [3.05, 3.63) is 48.6 Å². The van der Waals surface area contributed by atoms with Crippen LogP contribution in [0.15, 0.2) is 48.6 Å². The van der Waals surface area contributed by atoms with Crippen LogP contribution in [0.1, 0.15) is 143 Å². The molecule has 0 heterocycles. The first-order valence-electron chi connectivity index (χ1n) is 20.3. The van der Waals surface area contributed by atoms with E-state index in [-0.39, 0.29) is 12.8 Å². The van der Waals surface area contributed by atoms with E-state index < -0.39 is 72.3 Å². The second-order valence-electron chi connectivity index (χ2n) is 14.2. The first kappa shape index (κ1) is 54.0. The van der Waals surface area contributed by atoms with E-state index in [4.69, 9.17) is 23.8 Å². The van der Waals surface area contributed by atoms with Gasteiger partial charge in [-0.25, -0.2) is 9.13 Å². The Kier molecular flexibility index (Phi) is 33.8. The standard InChI is InChI=1S/C40H72O14P2/c1-4-5-6-7-17-22-27-36(41)28-23-18-13-9-11-15-20-25-30-40(44)54-38(34-53-56(48,49)52-32-37(42)31-51-55(45,46)47)33-50-39(43)29-24-19-14-10-8-12-16-21-26-35(2)3/h11,13,15,17-18,22-23,28,35-38,41-42H,4-10,12,14,16,19-21,24-27,29-34H2,1-3H3,(H,48,49)(H2,45,46,47)/b15-11-,18-13-,22-17-,28-23+/t36-,37-,38+/m0/s1. The number of carbonyl (C=O) groups is 2. The van der Waals surface area contributed by atoms with Crippen molar-refractivity contribution in [1.82, 2.24) is 0 Å². The second kappa shape index (κ2) is 35.0. The molecule has 0 spiro atoms. The summed E-state index contributed by atoms with van der Waals surface area (Å²) in [6.07, 6.45) is 28.8. The van der Waals surface area contributed by atoms with Crippen molar-refractivity contribution >= 4 is 27.6 Å². The largest absolute Gasteiger partial charge is 0.472 e. The summed E-state index contributed by atoms with van der Waals surface area (Å²) in [6.45, 7) is 3.81. The molecule has 0 bridgehead atoms. The van der Waals surface area contributed by atoms with Crippen LogP contribution in [0.25, 0.3) is 0 Å². The summed E-state index contributed by atoms with van der Waals surface area (Å²) in [7, 11) is -9.71. The fraction of sp³-hybridized carbons (Fsp3) is 0.750. The van der Waals surface area contributed by atoms with Gasteiger partial charge in [-0.15, -0.1) is 0 Å². The molecule has 0 aliphatic heterocycles. The lowest BCUT2D eigenvalue weighted by molar-refractivity contribution is -0.161. The van der Waals surface area contributed by atoms with Crippen molar-refractivity contribution in [3.63, 3.8) is 0 Å². The second-order valence-corrected chi connectivity index (χ2v) is 16.9. The molecule has 14 nitrogen and oxygen atoms in total. The van der Waals surface area contributed by atoms with E-state index in [0.717, 1.165) is 31.6 Å². The van der Waals surface area contributed by atoms with Gasteiger partial charge >= 0.3 is 27.6 Å². The summed E-state index contributed by atoms with van der Waals surface area (Å²) < 4.78 is 47.5. The Morgan fingerprint density at radius 2 is 1.25 bits per heavy atom. The third-order valence-electron chi connectivity index (χ3n) is 8.22. The molecule has 56 heavy (non-hydrogen) atoms. The van der Waals surface area contributed by atoms with Gasteiger partial charge in [0.05, 0.1) is 25.9 Å². The van der Waals surface area contributed by atoms with Gasteiger partial charge in [0, 0.05) is 12.8 Å². The summed E-state index contributed by atoms with van der Waals surface area (Å²) in [5.41, 5.74) is 0. The molecule has 0 aromatic carbocycles. The summed E-state index contributed by atoms with van der Waals surface area (Å²) in [5, 5.41) is 19.7.